The van der Waals surface area contributed by atoms with Crippen molar-refractivity contribution in [1.29, 1.82) is 0 Å². The first-order chi connectivity index (χ1) is 8.63. The van der Waals surface area contributed by atoms with E-state index in [2.05, 4.69) is 10.2 Å². The maximum Gasteiger partial charge on any atom is 0.194 e. The van der Waals surface area contributed by atoms with Crippen LogP contribution in [0.25, 0.3) is 0 Å². The summed E-state index contributed by atoms with van der Waals surface area (Å²) in [6, 6.07) is 2.92. The van der Waals surface area contributed by atoms with E-state index in [-0.39, 0.29) is 6.04 Å². The normalized spacial score (nSPS) is 24.5. The number of likely N-dealkylation sites (tertiary alicyclic amines) is 1. The SMILES string of the molecule is Fc1cc(NC2CCN(C3CC3)C2)cc(F)c1F. The van der Waals surface area contributed by atoms with Crippen molar-refractivity contribution >= 4 is 5.69 Å². The number of anilines is 1. The van der Waals surface area contributed by atoms with Gasteiger partial charge in [-0.2, -0.15) is 0 Å². The molecule has 0 radical (unpaired) electrons. The molecular formula is C13H15F3N2. The second-order valence-corrected chi connectivity index (χ2v) is 5.11. The second-order valence-electron chi connectivity index (χ2n) is 5.11. The molecule has 0 amide bonds. The van der Waals surface area contributed by atoms with Gasteiger partial charge >= 0.3 is 0 Å². The van der Waals surface area contributed by atoms with E-state index in [9.17, 15) is 13.2 Å². The first-order valence-corrected chi connectivity index (χ1v) is 6.28. The summed E-state index contributed by atoms with van der Waals surface area (Å²) in [5, 5.41) is 3.07. The van der Waals surface area contributed by atoms with Crippen molar-refractivity contribution < 1.29 is 13.2 Å². The third-order valence-corrected chi connectivity index (χ3v) is 3.64. The summed E-state index contributed by atoms with van der Waals surface area (Å²) in [4.78, 5) is 2.40. The number of nitrogens with one attached hydrogen (secondary N) is 1. The highest BCUT2D eigenvalue weighted by atomic mass is 19.2. The Bertz CT molecular complexity index is 437. The Morgan fingerprint density at radius 2 is 1.72 bits per heavy atom. The van der Waals surface area contributed by atoms with Crippen molar-refractivity contribution in [3.63, 3.8) is 0 Å². The monoisotopic (exact) mass is 256 g/mol. The van der Waals surface area contributed by atoms with E-state index in [0.29, 0.717) is 11.7 Å². The Labute approximate surface area is 104 Å². The zero-order valence-electron chi connectivity index (χ0n) is 9.93. The number of halogens is 3. The average molecular weight is 256 g/mol. The summed E-state index contributed by atoms with van der Waals surface area (Å²) < 4.78 is 38.9. The minimum absolute atomic E-state index is 0.190. The van der Waals surface area contributed by atoms with E-state index in [1.165, 1.54) is 12.8 Å². The van der Waals surface area contributed by atoms with Crippen molar-refractivity contribution in [2.24, 2.45) is 0 Å². The van der Waals surface area contributed by atoms with E-state index in [1.54, 1.807) is 0 Å². The van der Waals surface area contributed by atoms with Crippen LogP contribution in [-0.2, 0) is 0 Å². The zero-order chi connectivity index (χ0) is 12.7. The first-order valence-electron chi connectivity index (χ1n) is 6.28. The van der Waals surface area contributed by atoms with Crippen molar-refractivity contribution in [3.8, 4) is 0 Å². The molecule has 1 aliphatic heterocycles. The lowest BCUT2D eigenvalue weighted by Gasteiger charge is -2.16. The number of hydrogen-bond acceptors (Lipinski definition) is 2. The van der Waals surface area contributed by atoms with Crippen LogP contribution in [0.5, 0.6) is 0 Å². The maximum atomic E-state index is 13.1. The quantitative estimate of drug-likeness (QED) is 0.836. The molecule has 1 N–H and O–H groups in total. The summed E-state index contributed by atoms with van der Waals surface area (Å²) >= 11 is 0. The molecule has 1 aromatic rings. The zero-order valence-corrected chi connectivity index (χ0v) is 9.93. The molecule has 0 bridgehead atoms. The van der Waals surface area contributed by atoms with Gasteiger partial charge in [-0.1, -0.05) is 0 Å². The van der Waals surface area contributed by atoms with Crippen LogP contribution < -0.4 is 5.32 Å². The molecule has 18 heavy (non-hydrogen) atoms. The van der Waals surface area contributed by atoms with Crippen LogP contribution in [0.4, 0.5) is 18.9 Å². The molecule has 1 saturated carbocycles. The van der Waals surface area contributed by atoms with Gasteiger partial charge in [0.1, 0.15) is 0 Å². The largest absolute Gasteiger partial charge is 0.381 e. The lowest BCUT2D eigenvalue weighted by molar-refractivity contribution is 0.326. The van der Waals surface area contributed by atoms with Crippen LogP contribution in [0.3, 0.4) is 0 Å². The summed E-state index contributed by atoms with van der Waals surface area (Å²) in [5.41, 5.74) is 0.314. The van der Waals surface area contributed by atoms with Crippen LogP contribution in [-0.4, -0.2) is 30.1 Å². The number of nitrogens with zero attached hydrogens (tertiary/aromatic N) is 1. The molecule has 2 aliphatic rings. The Kier molecular flexibility index (Phi) is 2.93. The Balaban J connectivity index is 1.66. The van der Waals surface area contributed by atoms with Crippen LogP contribution in [0.15, 0.2) is 12.1 Å². The fraction of sp³-hybridized carbons (Fsp3) is 0.538. The molecule has 5 heteroatoms. The highest BCUT2D eigenvalue weighted by molar-refractivity contribution is 5.45. The second kappa shape index (κ2) is 4.46. The smallest absolute Gasteiger partial charge is 0.194 e. The molecule has 1 aromatic carbocycles. The molecule has 1 atom stereocenters. The van der Waals surface area contributed by atoms with Crippen LogP contribution in [0, 0.1) is 17.5 Å². The third kappa shape index (κ3) is 2.32. The molecule has 1 heterocycles. The summed E-state index contributed by atoms with van der Waals surface area (Å²) in [6.45, 7) is 1.92. The Morgan fingerprint density at radius 1 is 1.06 bits per heavy atom. The molecule has 1 unspecified atom stereocenters. The van der Waals surface area contributed by atoms with Crippen molar-refractivity contribution in [2.45, 2.75) is 31.3 Å². The standard InChI is InChI=1S/C13H15F3N2/c14-11-5-9(6-12(15)13(11)16)17-8-3-4-18(7-8)10-1-2-10/h5-6,8,10,17H,1-4,7H2. The predicted molar refractivity (Wildman–Crippen MR) is 62.9 cm³/mol. The summed E-state index contributed by atoms with van der Waals surface area (Å²) in [5.74, 6) is -3.70. The van der Waals surface area contributed by atoms with Crippen molar-refractivity contribution in [1.82, 2.24) is 4.90 Å². The molecule has 2 fully saturated rings. The van der Waals surface area contributed by atoms with E-state index >= 15 is 0 Å². The highest BCUT2D eigenvalue weighted by Crippen LogP contribution is 2.30. The lowest BCUT2D eigenvalue weighted by Crippen LogP contribution is -2.27. The van der Waals surface area contributed by atoms with E-state index in [0.717, 1.165) is 31.6 Å². The molecule has 1 saturated heterocycles. The lowest BCUT2D eigenvalue weighted by atomic mass is 10.2. The van der Waals surface area contributed by atoms with Crippen LogP contribution in [0.2, 0.25) is 0 Å². The van der Waals surface area contributed by atoms with Gasteiger partial charge < -0.3 is 5.32 Å². The van der Waals surface area contributed by atoms with Gasteiger partial charge in [0.05, 0.1) is 0 Å². The van der Waals surface area contributed by atoms with Crippen LogP contribution in [0.1, 0.15) is 19.3 Å². The van der Waals surface area contributed by atoms with Gasteiger partial charge in [0.2, 0.25) is 0 Å². The molecule has 98 valence electrons. The summed E-state index contributed by atoms with van der Waals surface area (Å²) in [7, 11) is 0. The van der Waals surface area contributed by atoms with Gasteiger partial charge in [0, 0.05) is 43.0 Å². The van der Waals surface area contributed by atoms with Gasteiger partial charge in [-0.3, -0.25) is 4.90 Å². The fourth-order valence-corrected chi connectivity index (χ4v) is 2.55. The fourth-order valence-electron chi connectivity index (χ4n) is 2.55. The molecular weight excluding hydrogens is 241 g/mol. The van der Waals surface area contributed by atoms with E-state index in [1.807, 2.05) is 0 Å². The highest BCUT2D eigenvalue weighted by Gasteiger charge is 2.34. The van der Waals surface area contributed by atoms with Crippen molar-refractivity contribution in [3.05, 3.63) is 29.6 Å². The van der Waals surface area contributed by atoms with Gasteiger partial charge in [0.25, 0.3) is 0 Å². The van der Waals surface area contributed by atoms with Crippen molar-refractivity contribution in [2.75, 3.05) is 18.4 Å². The van der Waals surface area contributed by atoms with Gasteiger partial charge in [-0.25, -0.2) is 13.2 Å². The molecule has 1 aliphatic carbocycles. The molecule has 2 nitrogen and oxygen atoms in total. The molecule has 3 rings (SSSR count). The third-order valence-electron chi connectivity index (χ3n) is 3.64. The predicted octanol–water partition coefficient (Wildman–Crippen LogP) is 2.75. The Morgan fingerprint density at radius 3 is 2.33 bits per heavy atom. The number of rotatable bonds is 3. The first kappa shape index (κ1) is 11.8. The minimum Gasteiger partial charge on any atom is -0.381 e. The van der Waals surface area contributed by atoms with Gasteiger partial charge in [-0.05, 0) is 19.3 Å². The maximum absolute atomic E-state index is 13.1. The molecule has 0 spiro atoms. The number of benzene rings is 1. The van der Waals surface area contributed by atoms with E-state index in [4.69, 9.17) is 0 Å². The Hall–Kier alpha value is -1.23. The summed E-state index contributed by atoms with van der Waals surface area (Å²) in [6.07, 6.45) is 3.47. The molecule has 0 aromatic heterocycles. The average Bonchev–Trinajstić information content (AvgIpc) is 3.08. The minimum atomic E-state index is -1.41. The number of hydrogen-bond donors (Lipinski definition) is 1. The van der Waals surface area contributed by atoms with Crippen LogP contribution >= 0.6 is 0 Å². The van der Waals surface area contributed by atoms with Gasteiger partial charge in [-0.15, -0.1) is 0 Å². The van der Waals surface area contributed by atoms with Gasteiger partial charge in [0.15, 0.2) is 17.5 Å². The van der Waals surface area contributed by atoms with E-state index < -0.39 is 17.5 Å². The topological polar surface area (TPSA) is 15.3 Å².